The highest BCUT2D eigenvalue weighted by Gasteiger charge is 2.37. The summed E-state index contributed by atoms with van der Waals surface area (Å²) in [6.45, 7) is 0. The molecule has 0 amide bonds. The number of hydrogen-bond acceptors (Lipinski definition) is 6. The zero-order valence-corrected chi connectivity index (χ0v) is 13.5. The van der Waals surface area contributed by atoms with Gasteiger partial charge >= 0.3 is 6.18 Å². The summed E-state index contributed by atoms with van der Waals surface area (Å²) >= 11 is 0. The smallest absolute Gasteiger partial charge is 0.399 e. The lowest BCUT2D eigenvalue weighted by Crippen LogP contribution is -2.09. The zero-order valence-electron chi connectivity index (χ0n) is 12.7. The van der Waals surface area contributed by atoms with Crippen LogP contribution >= 0.6 is 0 Å². The first kappa shape index (κ1) is 17.8. The average molecular weight is 385 g/mol. The monoisotopic (exact) mass is 385 g/mol. The lowest BCUT2D eigenvalue weighted by molar-refractivity contribution is -0.144. The van der Waals surface area contributed by atoms with Crippen molar-refractivity contribution in [2.24, 2.45) is 0 Å². The molecule has 3 N–H and O–H groups in total. The molecule has 0 spiro atoms. The summed E-state index contributed by atoms with van der Waals surface area (Å²) in [6.07, 6.45) is -3.99. The largest absolute Gasteiger partial charge is 0.453 e. The lowest BCUT2D eigenvalue weighted by atomic mass is 10.2. The average Bonchev–Trinajstić information content (AvgIpc) is 3.00. The molecule has 0 radical (unpaired) electrons. The number of nitrogens with zero attached hydrogens (tertiary/aromatic N) is 4. The predicted octanol–water partition coefficient (Wildman–Crippen LogP) is 2.18. The molecule has 0 bridgehead atoms. The summed E-state index contributed by atoms with van der Waals surface area (Å²) in [5.74, 6) is -1.67. The number of hydrogen-bond donors (Lipinski definition) is 2. The first-order valence-corrected chi connectivity index (χ1v) is 8.34. The van der Waals surface area contributed by atoms with Gasteiger partial charge in [0.05, 0.1) is 6.20 Å². The Hall–Kier alpha value is -2.99. The van der Waals surface area contributed by atoms with Gasteiger partial charge in [-0.25, -0.2) is 9.97 Å². The van der Waals surface area contributed by atoms with E-state index >= 15 is 0 Å². The van der Waals surface area contributed by atoms with Crippen LogP contribution in [0.1, 0.15) is 5.82 Å². The Morgan fingerprint density at radius 3 is 2.23 bits per heavy atom. The van der Waals surface area contributed by atoms with Crippen molar-refractivity contribution in [1.82, 2.24) is 19.7 Å². The van der Waals surface area contributed by atoms with E-state index in [1.807, 2.05) is 0 Å². The van der Waals surface area contributed by atoms with Crippen molar-refractivity contribution in [3.63, 3.8) is 0 Å². The highest BCUT2D eigenvalue weighted by atomic mass is 32.2. The highest BCUT2D eigenvalue weighted by Crippen LogP contribution is 2.30. The fraction of sp³-hybridized carbons (Fsp3) is 0.0714. The van der Waals surface area contributed by atoms with Crippen LogP contribution in [-0.2, 0) is 16.3 Å². The van der Waals surface area contributed by atoms with Crippen molar-refractivity contribution in [2.75, 3.05) is 5.73 Å². The number of nitrogen functional groups attached to an aromatic ring is 1. The molecule has 136 valence electrons. The molecular weight excluding hydrogens is 375 g/mol. The second-order valence-corrected chi connectivity index (χ2v) is 6.54. The van der Waals surface area contributed by atoms with Gasteiger partial charge in [-0.1, -0.05) is 0 Å². The topological polar surface area (TPSA) is 124 Å². The van der Waals surface area contributed by atoms with Gasteiger partial charge in [-0.15, -0.1) is 5.10 Å². The van der Waals surface area contributed by atoms with Crippen LogP contribution in [0.5, 0.6) is 0 Å². The number of benzene rings is 1. The molecule has 3 aromatic rings. The van der Waals surface area contributed by atoms with Crippen LogP contribution in [0.2, 0.25) is 0 Å². The Bertz CT molecular complexity index is 1040. The minimum absolute atomic E-state index is 0.118. The van der Waals surface area contributed by atoms with E-state index in [0.717, 1.165) is 23.0 Å². The molecule has 0 saturated heterocycles. The molecule has 1 aromatic carbocycles. The molecule has 0 aliphatic rings. The van der Waals surface area contributed by atoms with Crippen LogP contribution in [0.4, 0.5) is 18.9 Å². The van der Waals surface area contributed by atoms with E-state index in [4.69, 9.17) is 10.3 Å². The first-order chi connectivity index (χ1) is 12.1. The molecule has 0 atom stereocenters. The van der Waals surface area contributed by atoms with Gasteiger partial charge in [0, 0.05) is 11.3 Å². The fourth-order valence-electron chi connectivity index (χ4n) is 2.06. The van der Waals surface area contributed by atoms with Crippen LogP contribution < -0.4 is 5.73 Å². The van der Waals surface area contributed by atoms with Crippen molar-refractivity contribution in [2.45, 2.75) is 11.1 Å². The summed E-state index contributed by atoms with van der Waals surface area (Å²) in [6, 6.07) is 7.97. The maximum Gasteiger partial charge on any atom is 0.453 e. The van der Waals surface area contributed by atoms with Gasteiger partial charge < -0.3 is 5.73 Å². The van der Waals surface area contributed by atoms with Crippen molar-refractivity contribution in [3.05, 3.63) is 48.4 Å². The maximum absolute atomic E-state index is 13.0. The van der Waals surface area contributed by atoms with Gasteiger partial charge in [0.25, 0.3) is 15.9 Å². The molecule has 0 unspecified atom stereocenters. The molecule has 0 aliphatic carbocycles. The van der Waals surface area contributed by atoms with E-state index in [1.165, 1.54) is 24.3 Å². The van der Waals surface area contributed by atoms with Crippen molar-refractivity contribution in [1.29, 1.82) is 0 Å². The summed E-state index contributed by atoms with van der Waals surface area (Å²) in [7, 11) is -4.49. The number of nitrogens with two attached hydrogens (primary N) is 1. The third-order valence-electron chi connectivity index (χ3n) is 3.27. The molecule has 0 aliphatic heterocycles. The summed E-state index contributed by atoms with van der Waals surface area (Å²) < 4.78 is 70.9. The second kappa shape index (κ2) is 6.07. The molecule has 2 aromatic heterocycles. The van der Waals surface area contributed by atoms with Crippen LogP contribution in [-0.4, -0.2) is 32.7 Å². The van der Waals surface area contributed by atoms with E-state index < -0.39 is 27.0 Å². The normalized spacial score (nSPS) is 12.3. The molecule has 0 saturated carbocycles. The van der Waals surface area contributed by atoms with Gasteiger partial charge in [-0.2, -0.15) is 26.3 Å². The van der Waals surface area contributed by atoms with Crippen molar-refractivity contribution in [3.8, 4) is 17.2 Å². The molecular formula is C14H10F3N5O3S. The van der Waals surface area contributed by atoms with E-state index in [1.54, 1.807) is 0 Å². The molecule has 3 rings (SSSR count). The molecule has 2 heterocycles. The second-order valence-electron chi connectivity index (χ2n) is 5.12. The Morgan fingerprint density at radius 1 is 1.08 bits per heavy atom. The number of pyridine rings is 1. The van der Waals surface area contributed by atoms with Gasteiger partial charge in [-0.05, 0) is 36.4 Å². The van der Waals surface area contributed by atoms with Crippen LogP contribution in [0.15, 0.2) is 47.5 Å². The Kier molecular flexibility index (Phi) is 4.16. The van der Waals surface area contributed by atoms with Crippen molar-refractivity contribution < 1.29 is 26.1 Å². The van der Waals surface area contributed by atoms with E-state index in [-0.39, 0.29) is 11.6 Å². The quantitative estimate of drug-likeness (QED) is 0.523. The number of halogens is 3. The maximum atomic E-state index is 13.0. The number of rotatable bonds is 3. The number of alkyl halides is 3. The van der Waals surface area contributed by atoms with Crippen LogP contribution in [0.25, 0.3) is 17.2 Å². The highest BCUT2D eigenvalue weighted by molar-refractivity contribution is 7.85. The van der Waals surface area contributed by atoms with E-state index in [9.17, 15) is 21.6 Å². The predicted molar refractivity (Wildman–Crippen MR) is 83.8 cm³/mol. The molecule has 0 fully saturated rings. The first-order valence-electron chi connectivity index (χ1n) is 6.90. The Morgan fingerprint density at radius 2 is 1.73 bits per heavy atom. The fourth-order valence-corrected chi connectivity index (χ4v) is 2.49. The SMILES string of the molecule is Nc1ccc(-c2nc(C(F)(F)F)nn2-c2ccc(S(=O)(=O)O)cn2)cc1. The third-order valence-corrected chi connectivity index (χ3v) is 4.10. The summed E-state index contributed by atoms with van der Waals surface area (Å²) in [5, 5.41) is 3.42. The standard InChI is InChI=1S/C14H10F3N5O3S/c15-14(16,17)13-20-12(8-1-3-9(18)4-2-8)22(21-13)11-6-5-10(7-19-11)26(23,24)25/h1-7H,18H2,(H,23,24,25). The summed E-state index contributed by atoms with van der Waals surface area (Å²) in [4.78, 5) is 6.74. The molecule has 12 heteroatoms. The van der Waals surface area contributed by atoms with Gasteiger partial charge in [0.1, 0.15) is 4.90 Å². The summed E-state index contributed by atoms with van der Waals surface area (Å²) in [5.41, 5.74) is 6.27. The van der Waals surface area contributed by atoms with Gasteiger partial charge in [0.15, 0.2) is 11.6 Å². The van der Waals surface area contributed by atoms with Gasteiger partial charge in [0.2, 0.25) is 0 Å². The Balaban J connectivity index is 2.16. The van der Waals surface area contributed by atoms with Crippen molar-refractivity contribution >= 4 is 15.8 Å². The minimum atomic E-state index is -4.79. The van der Waals surface area contributed by atoms with Crippen LogP contribution in [0.3, 0.4) is 0 Å². The third kappa shape index (κ3) is 3.50. The number of aromatic nitrogens is 4. The minimum Gasteiger partial charge on any atom is -0.399 e. The van der Waals surface area contributed by atoms with E-state index in [2.05, 4.69) is 15.1 Å². The molecule has 26 heavy (non-hydrogen) atoms. The van der Waals surface area contributed by atoms with E-state index in [0.29, 0.717) is 11.3 Å². The Labute approximate surface area is 144 Å². The van der Waals surface area contributed by atoms with Gasteiger partial charge in [-0.3, -0.25) is 4.55 Å². The van der Waals surface area contributed by atoms with Crippen LogP contribution in [0, 0.1) is 0 Å². The lowest BCUT2D eigenvalue weighted by Gasteiger charge is -2.06. The molecule has 8 nitrogen and oxygen atoms in total. The number of anilines is 1. The zero-order chi connectivity index (χ0) is 19.1.